The molecule has 0 unspecified atom stereocenters. The summed E-state index contributed by atoms with van der Waals surface area (Å²) in [5.41, 5.74) is 0. The van der Waals surface area contributed by atoms with Gasteiger partial charge in [0.25, 0.3) is 0 Å². The van der Waals surface area contributed by atoms with E-state index in [1.807, 2.05) is 19.0 Å². The minimum atomic E-state index is -4.64. The van der Waals surface area contributed by atoms with Gasteiger partial charge in [0.2, 0.25) is 0 Å². The average Bonchev–Trinajstić information content (AvgIpc) is 1.36. The summed E-state index contributed by atoms with van der Waals surface area (Å²) in [7, 11) is -4.64. The van der Waals surface area contributed by atoms with Crippen LogP contribution in [0.4, 0.5) is 0 Å². The van der Waals surface area contributed by atoms with E-state index in [4.69, 9.17) is 19.2 Å². The van der Waals surface area contributed by atoms with E-state index in [2.05, 4.69) is 17.3 Å². The van der Waals surface area contributed by atoms with E-state index in [0.29, 0.717) is 0 Å². The molecule has 0 rings (SSSR count). The molecular weight excluding hydrogens is 330 g/mol. The molecule has 0 atom stereocenters. The summed E-state index contributed by atoms with van der Waals surface area (Å²) >= 11 is 4.88. The van der Waals surface area contributed by atoms with E-state index in [1.54, 1.807) is 0 Å². The normalized spacial score (nSPS) is 9.43. The summed E-state index contributed by atoms with van der Waals surface area (Å²) in [4.78, 5) is 21.6. The van der Waals surface area contributed by atoms with E-state index in [-0.39, 0.29) is 0 Å². The molecule has 0 saturated carbocycles. The second kappa shape index (κ2) is 5.71. The van der Waals surface area contributed by atoms with E-state index < -0.39 is 7.82 Å². The molecule has 0 bridgehead atoms. The van der Waals surface area contributed by atoms with Crippen LogP contribution in [0.1, 0.15) is 0 Å². The third kappa shape index (κ3) is 94.5. The van der Waals surface area contributed by atoms with Crippen molar-refractivity contribution in [1.82, 2.24) is 0 Å². The van der Waals surface area contributed by atoms with Gasteiger partial charge in [0.05, 0.1) is 0 Å². The van der Waals surface area contributed by atoms with E-state index in [0.717, 1.165) is 0 Å². The van der Waals surface area contributed by atoms with Crippen LogP contribution in [0.25, 0.3) is 0 Å². The summed E-state index contributed by atoms with van der Waals surface area (Å²) < 4.78 is 8.88. The van der Waals surface area contributed by atoms with Crippen LogP contribution in [0.15, 0.2) is 0 Å². The molecule has 3 N–H and O–H groups in total. The summed E-state index contributed by atoms with van der Waals surface area (Å²) in [6.45, 7) is 0. The van der Waals surface area contributed by atoms with Crippen molar-refractivity contribution in [3.8, 4) is 0 Å². The van der Waals surface area contributed by atoms with E-state index in [9.17, 15) is 0 Å². The first-order valence-electron chi connectivity index (χ1n) is 0.897. The van der Waals surface area contributed by atoms with Crippen LogP contribution in [-0.2, 0) is 21.8 Å². The van der Waals surface area contributed by atoms with Crippen LogP contribution >= 0.6 is 26.8 Å². The van der Waals surface area contributed by atoms with Crippen molar-refractivity contribution >= 4 is 26.8 Å². The summed E-state index contributed by atoms with van der Waals surface area (Å²) in [5, 5.41) is 0. The van der Waals surface area contributed by atoms with Gasteiger partial charge in [0.1, 0.15) is 0 Å². The summed E-state index contributed by atoms with van der Waals surface area (Å²) in [6, 6.07) is 0. The fourth-order valence-corrected chi connectivity index (χ4v) is 0. The molecule has 0 heterocycles. The summed E-state index contributed by atoms with van der Waals surface area (Å²) in [5.74, 6) is 0. The molecule has 0 aromatic carbocycles. The molecule has 50 valence electrons. The fraction of sp³-hybridized carbons (Fsp3) is 0. The van der Waals surface area contributed by atoms with Gasteiger partial charge in [-0.05, 0) is 0 Å². The van der Waals surface area contributed by atoms with Gasteiger partial charge < -0.3 is 14.7 Å². The van der Waals surface area contributed by atoms with Crippen molar-refractivity contribution in [2.45, 2.75) is 0 Å². The number of phosphoric acid groups is 1. The first kappa shape index (κ1) is 11.4. The standard InChI is InChI=1S/Ag.HI.H3O4P/c;;1-5(2,3)4/h;1H;(H3,1,2,3,4)/q+1;;/p-1. The number of hydrogen-bond donors (Lipinski definition) is 3. The van der Waals surface area contributed by atoms with Crippen molar-refractivity contribution in [3.05, 3.63) is 0 Å². The van der Waals surface area contributed by atoms with Gasteiger partial charge >= 0.3 is 44.1 Å². The topological polar surface area (TPSA) is 77.8 Å². The van der Waals surface area contributed by atoms with Crippen molar-refractivity contribution in [2.24, 2.45) is 0 Å². The van der Waals surface area contributed by atoms with Crippen molar-refractivity contribution in [2.75, 3.05) is 0 Å². The summed E-state index contributed by atoms with van der Waals surface area (Å²) in [6.07, 6.45) is 0. The zero-order valence-electron chi connectivity index (χ0n) is 2.88. The van der Waals surface area contributed by atoms with Gasteiger partial charge in [-0.15, -0.1) is 0 Å². The Morgan fingerprint density at radius 1 is 1.29 bits per heavy atom. The van der Waals surface area contributed by atoms with Gasteiger partial charge in [-0.3, -0.25) is 0 Å². The Balaban J connectivity index is 0. The maximum absolute atomic E-state index is 8.88. The van der Waals surface area contributed by atoms with Gasteiger partial charge in [0, 0.05) is 0 Å². The molecule has 7 heavy (non-hydrogen) atoms. The van der Waals surface area contributed by atoms with Crippen LogP contribution in [0.5, 0.6) is 0 Å². The Morgan fingerprint density at radius 3 is 1.29 bits per heavy atom. The number of hydrogen-bond acceptors (Lipinski definition) is 1. The Morgan fingerprint density at radius 2 is 1.29 bits per heavy atom. The zero-order valence-corrected chi connectivity index (χ0v) is 7.41. The van der Waals surface area contributed by atoms with Crippen molar-refractivity contribution < 1.29 is 36.5 Å². The molecular formula is H3AgIO4P. The third-order valence-electron chi connectivity index (χ3n) is 0. The monoisotopic (exact) mass is 332 g/mol. The quantitative estimate of drug-likeness (QED) is 0.330. The molecule has 0 amide bonds. The molecule has 0 spiro atoms. The Kier molecular flexibility index (Phi) is 9.29. The number of halogens is 1. The molecule has 0 aliphatic rings. The molecule has 0 aromatic rings. The second-order valence-corrected chi connectivity index (χ2v) is 1.54. The number of rotatable bonds is 0. The molecule has 0 fully saturated rings. The van der Waals surface area contributed by atoms with Crippen LogP contribution < -0.4 is 0 Å². The Hall–Kier alpha value is 1.58. The second-order valence-electron chi connectivity index (χ2n) is 0.513. The Labute approximate surface area is 63.0 Å². The molecule has 0 aliphatic heterocycles. The van der Waals surface area contributed by atoms with Crippen LogP contribution in [0, 0.1) is 0 Å². The third-order valence-corrected chi connectivity index (χ3v) is 0. The van der Waals surface area contributed by atoms with Crippen LogP contribution in [0.3, 0.4) is 0 Å². The van der Waals surface area contributed by atoms with Gasteiger partial charge in [-0.25, -0.2) is 4.57 Å². The maximum atomic E-state index is 8.88. The predicted octanol–water partition coefficient (Wildman–Crippen LogP) is -0.0454. The fourth-order valence-electron chi connectivity index (χ4n) is 0. The first-order valence-corrected chi connectivity index (χ1v) is 6.87. The molecule has 0 aromatic heterocycles. The van der Waals surface area contributed by atoms with Crippen molar-refractivity contribution in [1.29, 1.82) is 0 Å². The van der Waals surface area contributed by atoms with E-state index >= 15 is 0 Å². The average molecular weight is 333 g/mol. The Bertz CT molecular complexity index is 57.8. The molecule has 0 saturated heterocycles. The van der Waals surface area contributed by atoms with Gasteiger partial charge in [0.15, 0.2) is 0 Å². The van der Waals surface area contributed by atoms with Gasteiger partial charge in [-0.1, -0.05) is 0 Å². The molecule has 7 heteroatoms. The SMILES string of the molecule is O=P(O)(O)O.[Ag][I]. The first-order chi connectivity index (χ1) is 3.00. The predicted molar refractivity (Wildman–Crippen MR) is 28.3 cm³/mol. The molecule has 4 nitrogen and oxygen atoms in total. The zero-order chi connectivity index (χ0) is 6.50. The molecule has 0 aliphatic carbocycles. The van der Waals surface area contributed by atoms with Crippen LogP contribution in [0.2, 0.25) is 0 Å². The van der Waals surface area contributed by atoms with Crippen LogP contribution in [-0.4, -0.2) is 14.7 Å². The molecule has 0 radical (unpaired) electrons. The van der Waals surface area contributed by atoms with Crippen molar-refractivity contribution in [3.63, 3.8) is 0 Å². The van der Waals surface area contributed by atoms with Gasteiger partial charge in [-0.2, -0.15) is 0 Å². The van der Waals surface area contributed by atoms with E-state index in [1.165, 1.54) is 0 Å². The minimum absolute atomic E-state index is 1.96.